The fourth-order valence-corrected chi connectivity index (χ4v) is 1.97. The fourth-order valence-electron chi connectivity index (χ4n) is 1.97. The molecule has 0 unspecified atom stereocenters. The lowest BCUT2D eigenvalue weighted by atomic mass is 10.1. The molecular weight excluding hydrogens is 238 g/mol. The van der Waals surface area contributed by atoms with Gasteiger partial charge >= 0.3 is 0 Å². The minimum atomic E-state index is -0.0514. The number of carbonyl (C=O) groups excluding carboxylic acids is 1. The van der Waals surface area contributed by atoms with Crippen molar-refractivity contribution in [2.45, 2.75) is 27.3 Å². The number of nitrogens with one attached hydrogen (secondary N) is 1. The highest BCUT2D eigenvalue weighted by atomic mass is 16.1. The lowest BCUT2D eigenvalue weighted by molar-refractivity contribution is 0.0949. The van der Waals surface area contributed by atoms with E-state index in [1.807, 2.05) is 52.1 Å². The lowest BCUT2D eigenvalue weighted by Gasteiger charge is -2.07. The normalized spacial score (nSPS) is 10.5. The highest BCUT2D eigenvalue weighted by Gasteiger charge is 2.10. The Balaban J connectivity index is 2.07. The second kappa shape index (κ2) is 5.26. The van der Waals surface area contributed by atoms with Gasteiger partial charge in [0, 0.05) is 18.3 Å². The summed E-state index contributed by atoms with van der Waals surface area (Å²) in [5.41, 5.74) is 4.76. The van der Waals surface area contributed by atoms with Gasteiger partial charge in [-0.15, -0.1) is 0 Å². The molecule has 2 rings (SSSR count). The van der Waals surface area contributed by atoms with Gasteiger partial charge in [-0.05, 0) is 38.5 Å². The van der Waals surface area contributed by atoms with Crippen molar-refractivity contribution in [2.24, 2.45) is 7.05 Å². The summed E-state index contributed by atoms with van der Waals surface area (Å²) in [6, 6.07) is 7.86. The van der Waals surface area contributed by atoms with Gasteiger partial charge in [0.05, 0.1) is 12.2 Å². The predicted octanol–water partition coefficient (Wildman–Crippen LogP) is 2.28. The van der Waals surface area contributed by atoms with Crippen LogP contribution in [0.5, 0.6) is 0 Å². The van der Waals surface area contributed by atoms with Crippen LogP contribution in [0.15, 0.2) is 24.3 Å². The second-order valence-electron chi connectivity index (χ2n) is 4.90. The molecule has 0 spiro atoms. The standard InChI is InChI=1S/C15H19N3O/c1-10-5-6-11(2)14(7-10)15(19)16-9-13-8-12(3)18(4)17-13/h5-8H,9H2,1-4H3,(H,16,19). The zero-order valence-electron chi connectivity index (χ0n) is 11.8. The molecule has 1 aromatic heterocycles. The van der Waals surface area contributed by atoms with Crippen molar-refractivity contribution >= 4 is 5.91 Å². The van der Waals surface area contributed by atoms with Crippen LogP contribution in [0, 0.1) is 20.8 Å². The van der Waals surface area contributed by atoms with Crippen molar-refractivity contribution in [1.29, 1.82) is 0 Å². The molecule has 0 radical (unpaired) electrons. The van der Waals surface area contributed by atoms with Crippen LogP contribution in [0.2, 0.25) is 0 Å². The summed E-state index contributed by atoms with van der Waals surface area (Å²) in [5.74, 6) is -0.0514. The van der Waals surface area contributed by atoms with Gasteiger partial charge in [0.2, 0.25) is 0 Å². The first kappa shape index (κ1) is 13.3. The first-order valence-electron chi connectivity index (χ1n) is 6.32. The third-order valence-corrected chi connectivity index (χ3v) is 3.23. The average Bonchev–Trinajstić information content (AvgIpc) is 2.69. The highest BCUT2D eigenvalue weighted by molar-refractivity contribution is 5.95. The number of aryl methyl sites for hydroxylation is 4. The van der Waals surface area contributed by atoms with Crippen LogP contribution in [-0.4, -0.2) is 15.7 Å². The van der Waals surface area contributed by atoms with E-state index in [-0.39, 0.29) is 5.91 Å². The zero-order valence-corrected chi connectivity index (χ0v) is 11.8. The maximum atomic E-state index is 12.1. The van der Waals surface area contributed by atoms with Gasteiger partial charge in [0.25, 0.3) is 5.91 Å². The van der Waals surface area contributed by atoms with E-state index in [0.717, 1.165) is 28.1 Å². The Bertz CT molecular complexity index is 594. The van der Waals surface area contributed by atoms with Crippen molar-refractivity contribution in [3.05, 3.63) is 52.3 Å². The summed E-state index contributed by atoms with van der Waals surface area (Å²) in [7, 11) is 1.89. The van der Waals surface area contributed by atoms with Crippen LogP contribution in [0.25, 0.3) is 0 Å². The van der Waals surface area contributed by atoms with E-state index in [2.05, 4.69) is 10.4 Å². The summed E-state index contributed by atoms with van der Waals surface area (Å²) in [6.45, 7) is 6.37. The molecule has 0 atom stereocenters. The molecule has 0 aliphatic heterocycles. The second-order valence-corrected chi connectivity index (χ2v) is 4.90. The van der Waals surface area contributed by atoms with Gasteiger partial charge in [0.1, 0.15) is 0 Å². The Morgan fingerprint density at radius 2 is 2.00 bits per heavy atom. The Labute approximate surface area is 113 Å². The molecule has 0 aliphatic rings. The van der Waals surface area contributed by atoms with Gasteiger partial charge < -0.3 is 5.32 Å². The number of amides is 1. The van der Waals surface area contributed by atoms with Crippen LogP contribution in [0.1, 0.15) is 32.9 Å². The maximum Gasteiger partial charge on any atom is 0.251 e. The number of aromatic nitrogens is 2. The monoisotopic (exact) mass is 257 g/mol. The summed E-state index contributed by atoms with van der Waals surface area (Å²) in [5, 5.41) is 7.23. The van der Waals surface area contributed by atoms with Crippen molar-refractivity contribution in [3.8, 4) is 0 Å². The van der Waals surface area contributed by atoms with Crippen molar-refractivity contribution < 1.29 is 4.79 Å². The van der Waals surface area contributed by atoms with E-state index in [0.29, 0.717) is 6.54 Å². The van der Waals surface area contributed by atoms with E-state index in [1.165, 1.54) is 0 Å². The summed E-state index contributed by atoms with van der Waals surface area (Å²) in [6.07, 6.45) is 0. The first-order valence-corrected chi connectivity index (χ1v) is 6.32. The van der Waals surface area contributed by atoms with Crippen molar-refractivity contribution in [2.75, 3.05) is 0 Å². The molecule has 1 amide bonds. The van der Waals surface area contributed by atoms with Gasteiger partial charge in [-0.1, -0.05) is 17.7 Å². The maximum absolute atomic E-state index is 12.1. The number of rotatable bonds is 3. The third-order valence-electron chi connectivity index (χ3n) is 3.23. The molecule has 4 nitrogen and oxygen atoms in total. The average molecular weight is 257 g/mol. The van der Waals surface area contributed by atoms with Crippen LogP contribution < -0.4 is 5.32 Å². The number of carbonyl (C=O) groups is 1. The number of nitrogens with zero attached hydrogens (tertiary/aromatic N) is 2. The number of hydrogen-bond donors (Lipinski definition) is 1. The molecule has 4 heteroatoms. The van der Waals surface area contributed by atoms with Gasteiger partial charge in [0.15, 0.2) is 0 Å². The quantitative estimate of drug-likeness (QED) is 0.917. The van der Waals surface area contributed by atoms with Crippen LogP contribution >= 0.6 is 0 Å². The van der Waals surface area contributed by atoms with Crippen LogP contribution in [0.3, 0.4) is 0 Å². The fraction of sp³-hybridized carbons (Fsp3) is 0.333. The Kier molecular flexibility index (Phi) is 3.69. The molecule has 1 heterocycles. The van der Waals surface area contributed by atoms with E-state index in [1.54, 1.807) is 4.68 Å². The minimum absolute atomic E-state index is 0.0514. The predicted molar refractivity (Wildman–Crippen MR) is 75.0 cm³/mol. The van der Waals surface area contributed by atoms with E-state index in [9.17, 15) is 4.79 Å². The lowest BCUT2D eigenvalue weighted by Crippen LogP contribution is -2.24. The molecule has 0 fully saturated rings. The molecule has 0 bridgehead atoms. The van der Waals surface area contributed by atoms with Crippen LogP contribution in [0.4, 0.5) is 0 Å². The summed E-state index contributed by atoms with van der Waals surface area (Å²) >= 11 is 0. The van der Waals surface area contributed by atoms with Crippen molar-refractivity contribution in [3.63, 3.8) is 0 Å². The zero-order chi connectivity index (χ0) is 14.0. The topological polar surface area (TPSA) is 46.9 Å². The molecule has 0 aliphatic carbocycles. The van der Waals surface area contributed by atoms with E-state index in [4.69, 9.17) is 0 Å². The molecule has 0 saturated heterocycles. The molecule has 100 valence electrons. The Morgan fingerprint density at radius 1 is 1.26 bits per heavy atom. The highest BCUT2D eigenvalue weighted by Crippen LogP contribution is 2.10. The smallest absolute Gasteiger partial charge is 0.251 e. The minimum Gasteiger partial charge on any atom is -0.346 e. The Morgan fingerprint density at radius 3 is 2.63 bits per heavy atom. The van der Waals surface area contributed by atoms with Gasteiger partial charge in [-0.2, -0.15) is 5.10 Å². The number of hydrogen-bond acceptors (Lipinski definition) is 2. The Hall–Kier alpha value is -2.10. The summed E-state index contributed by atoms with van der Waals surface area (Å²) in [4.78, 5) is 12.1. The van der Waals surface area contributed by atoms with Crippen molar-refractivity contribution in [1.82, 2.24) is 15.1 Å². The third kappa shape index (κ3) is 3.02. The number of benzene rings is 1. The van der Waals surface area contributed by atoms with E-state index >= 15 is 0 Å². The molecular formula is C15H19N3O. The molecule has 1 N–H and O–H groups in total. The van der Waals surface area contributed by atoms with Crippen LogP contribution in [-0.2, 0) is 13.6 Å². The van der Waals surface area contributed by atoms with Gasteiger partial charge in [-0.3, -0.25) is 9.48 Å². The summed E-state index contributed by atoms with van der Waals surface area (Å²) < 4.78 is 1.80. The molecule has 19 heavy (non-hydrogen) atoms. The first-order chi connectivity index (χ1) is 8.97. The molecule has 2 aromatic rings. The van der Waals surface area contributed by atoms with Gasteiger partial charge in [-0.25, -0.2) is 0 Å². The molecule has 1 aromatic carbocycles. The SMILES string of the molecule is Cc1ccc(C)c(C(=O)NCc2cc(C)n(C)n2)c1. The van der Waals surface area contributed by atoms with E-state index < -0.39 is 0 Å². The molecule has 0 saturated carbocycles. The largest absolute Gasteiger partial charge is 0.346 e.